The summed E-state index contributed by atoms with van der Waals surface area (Å²) in [5.74, 6) is -2.06. The Labute approximate surface area is 210 Å². The van der Waals surface area contributed by atoms with E-state index in [-0.39, 0.29) is 29.7 Å². The zero-order valence-corrected chi connectivity index (χ0v) is 20.1. The lowest BCUT2D eigenvalue weighted by Crippen LogP contribution is -2.50. The molecule has 2 amide bonds. The first-order valence-electron chi connectivity index (χ1n) is 11.8. The predicted molar refractivity (Wildman–Crippen MR) is 136 cm³/mol. The van der Waals surface area contributed by atoms with E-state index in [9.17, 15) is 19.5 Å². The largest absolute Gasteiger partial charge is 0.504 e. The van der Waals surface area contributed by atoms with E-state index < -0.39 is 18.6 Å². The number of rotatable bonds is 12. The van der Waals surface area contributed by atoms with Crippen LogP contribution in [0.5, 0.6) is 11.5 Å². The van der Waals surface area contributed by atoms with Gasteiger partial charge in [-0.2, -0.15) is 0 Å². The molecule has 0 aliphatic heterocycles. The molecule has 0 aliphatic rings. The molecule has 1 unspecified atom stereocenters. The fourth-order valence-electron chi connectivity index (χ4n) is 3.70. The first-order chi connectivity index (χ1) is 17.4. The normalized spacial score (nSPS) is 11.4. The van der Waals surface area contributed by atoms with Crippen molar-refractivity contribution in [1.29, 1.82) is 0 Å². The van der Waals surface area contributed by atoms with E-state index in [0.29, 0.717) is 17.7 Å². The van der Waals surface area contributed by atoms with Crippen LogP contribution in [0.2, 0.25) is 0 Å². The van der Waals surface area contributed by atoms with Gasteiger partial charge in [-0.05, 0) is 48.4 Å². The highest BCUT2D eigenvalue weighted by Gasteiger charge is 2.28. The Morgan fingerprint density at radius 2 is 1.64 bits per heavy atom. The maximum Gasteiger partial charge on any atom is 0.341 e. The second kappa shape index (κ2) is 12.9. The lowest BCUT2D eigenvalue weighted by atomic mass is 10.0. The van der Waals surface area contributed by atoms with Crippen molar-refractivity contribution in [2.75, 3.05) is 18.1 Å². The van der Waals surface area contributed by atoms with E-state index in [1.165, 1.54) is 12.1 Å². The highest BCUT2D eigenvalue weighted by molar-refractivity contribution is 6.02. The molecule has 3 N–H and O–H groups in total. The van der Waals surface area contributed by atoms with Crippen LogP contribution < -0.4 is 15.0 Å². The summed E-state index contributed by atoms with van der Waals surface area (Å²) in [6.45, 7) is 1.94. The second-order valence-electron chi connectivity index (χ2n) is 8.26. The smallest absolute Gasteiger partial charge is 0.341 e. The maximum atomic E-state index is 13.8. The highest BCUT2D eigenvalue weighted by Crippen LogP contribution is 2.28. The molecule has 0 saturated carbocycles. The number of carboxylic acid groups (broad SMARTS) is 1. The summed E-state index contributed by atoms with van der Waals surface area (Å²) in [7, 11) is 0. The Kier molecular flexibility index (Phi) is 9.45. The molecule has 8 heteroatoms. The topological polar surface area (TPSA) is 116 Å². The van der Waals surface area contributed by atoms with Gasteiger partial charge in [-0.15, -0.1) is 0 Å². The standard InChI is InChI=1S/C28H30N2O6/c1-2-3-16-30(22-12-8-5-9-13-22)28(35)23(29-27(34)21-10-6-4-7-11-21)17-20-14-15-25(24(31)18-20)36-19-26(32)33/h4-15,18,23,31H,2-3,16-17,19H2,1H3,(H,29,34)(H,32,33). The van der Waals surface area contributed by atoms with E-state index in [2.05, 4.69) is 5.32 Å². The van der Waals surface area contributed by atoms with Gasteiger partial charge in [0.15, 0.2) is 18.1 Å². The molecular formula is C28H30N2O6. The SMILES string of the molecule is CCCCN(C(=O)C(Cc1ccc(OCC(=O)O)c(O)c1)NC(=O)c1ccccc1)c1ccccc1. The number of phenols is 1. The van der Waals surface area contributed by atoms with Crippen molar-refractivity contribution in [3.63, 3.8) is 0 Å². The molecule has 0 radical (unpaired) electrons. The summed E-state index contributed by atoms with van der Waals surface area (Å²) in [5, 5.41) is 22.0. The molecule has 3 rings (SSSR count). The van der Waals surface area contributed by atoms with Crippen molar-refractivity contribution in [1.82, 2.24) is 5.32 Å². The van der Waals surface area contributed by atoms with Gasteiger partial charge >= 0.3 is 5.97 Å². The molecule has 0 aromatic heterocycles. The predicted octanol–water partition coefficient (Wildman–Crippen LogP) is 4.03. The number of phenolic OH excluding ortho intramolecular Hbond substituents is 1. The van der Waals surface area contributed by atoms with Crippen LogP contribution >= 0.6 is 0 Å². The Bertz CT molecular complexity index is 1170. The number of hydrogen-bond donors (Lipinski definition) is 3. The lowest BCUT2D eigenvalue weighted by molar-refractivity contribution is -0.139. The van der Waals surface area contributed by atoms with Crippen molar-refractivity contribution in [3.05, 3.63) is 90.0 Å². The quantitative estimate of drug-likeness (QED) is 0.353. The summed E-state index contributed by atoms with van der Waals surface area (Å²) in [6, 6.07) is 21.5. The number of nitrogens with zero attached hydrogens (tertiary/aromatic N) is 1. The van der Waals surface area contributed by atoms with Gasteiger partial charge in [-0.3, -0.25) is 9.59 Å². The van der Waals surface area contributed by atoms with Crippen LogP contribution in [0.3, 0.4) is 0 Å². The Hall–Kier alpha value is -4.33. The average molecular weight is 491 g/mol. The molecule has 0 spiro atoms. The summed E-state index contributed by atoms with van der Waals surface area (Å²) in [6.07, 6.45) is 1.79. The van der Waals surface area contributed by atoms with E-state index in [1.807, 2.05) is 37.3 Å². The van der Waals surface area contributed by atoms with Crippen molar-refractivity contribution >= 4 is 23.5 Å². The van der Waals surface area contributed by atoms with Crippen LogP contribution in [0, 0.1) is 0 Å². The molecule has 36 heavy (non-hydrogen) atoms. The average Bonchev–Trinajstić information content (AvgIpc) is 2.89. The molecule has 3 aromatic carbocycles. The zero-order chi connectivity index (χ0) is 25.9. The molecule has 0 bridgehead atoms. The van der Waals surface area contributed by atoms with E-state index in [1.54, 1.807) is 41.3 Å². The number of carbonyl (C=O) groups excluding carboxylic acids is 2. The van der Waals surface area contributed by atoms with E-state index in [0.717, 1.165) is 18.5 Å². The molecule has 0 fully saturated rings. The number of unbranched alkanes of at least 4 members (excludes halogenated alkanes) is 1. The first-order valence-corrected chi connectivity index (χ1v) is 11.8. The van der Waals surface area contributed by atoms with Crippen molar-refractivity contribution in [2.24, 2.45) is 0 Å². The Morgan fingerprint density at radius 1 is 0.972 bits per heavy atom. The third-order valence-electron chi connectivity index (χ3n) is 5.52. The summed E-state index contributed by atoms with van der Waals surface area (Å²) < 4.78 is 5.07. The molecule has 0 saturated heterocycles. The summed E-state index contributed by atoms with van der Waals surface area (Å²) in [4.78, 5) is 39.2. The van der Waals surface area contributed by atoms with Gasteiger partial charge in [0.05, 0.1) is 0 Å². The Balaban J connectivity index is 1.89. The maximum absolute atomic E-state index is 13.8. The number of carboxylic acids is 1. The highest BCUT2D eigenvalue weighted by atomic mass is 16.5. The molecule has 188 valence electrons. The zero-order valence-electron chi connectivity index (χ0n) is 20.1. The van der Waals surface area contributed by atoms with E-state index in [4.69, 9.17) is 9.84 Å². The van der Waals surface area contributed by atoms with Crippen molar-refractivity contribution in [2.45, 2.75) is 32.2 Å². The summed E-state index contributed by atoms with van der Waals surface area (Å²) >= 11 is 0. The van der Waals surface area contributed by atoms with Gasteiger partial charge in [0, 0.05) is 24.2 Å². The molecule has 0 aliphatic carbocycles. The Morgan fingerprint density at radius 3 is 2.25 bits per heavy atom. The van der Waals surface area contributed by atoms with Gasteiger partial charge in [-0.1, -0.05) is 55.8 Å². The van der Waals surface area contributed by atoms with Gasteiger partial charge in [0.2, 0.25) is 5.91 Å². The number of benzene rings is 3. The van der Waals surface area contributed by atoms with Crippen molar-refractivity contribution < 1.29 is 29.3 Å². The van der Waals surface area contributed by atoms with Crippen molar-refractivity contribution in [3.8, 4) is 11.5 Å². The molecule has 1 atom stereocenters. The number of ether oxygens (including phenoxy) is 1. The van der Waals surface area contributed by atoms with Crippen LogP contribution in [-0.2, 0) is 16.0 Å². The molecular weight excluding hydrogens is 460 g/mol. The van der Waals surface area contributed by atoms with Crippen LogP contribution in [-0.4, -0.2) is 47.2 Å². The van der Waals surface area contributed by atoms with Crippen LogP contribution in [0.4, 0.5) is 5.69 Å². The third kappa shape index (κ3) is 7.33. The number of para-hydroxylation sites is 1. The number of aliphatic carboxylic acids is 1. The number of hydrogen-bond acceptors (Lipinski definition) is 5. The minimum Gasteiger partial charge on any atom is -0.504 e. The van der Waals surface area contributed by atoms with Gasteiger partial charge in [-0.25, -0.2) is 4.79 Å². The lowest BCUT2D eigenvalue weighted by Gasteiger charge is -2.28. The fraction of sp³-hybridized carbons (Fsp3) is 0.250. The van der Waals surface area contributed by atoms with Gasteiger partial charge in [0.25, 0.3) is 5.91 Å². The minimum atomic E-state index is -1.17. The first kappa shape index (κ1) is 26.3. The molecule has 8 nitrogen and oxygen atoms in total. The number of aromatic hydroxyl groups is 1. The minimum absolute atomic E-state index is 0.0196. The second-order valence-corrected chi connectivity index (χ2v) is 8.26. The number of amides is 2. The van der Waals surface area contributed by atoms with Crippen LogP contribution in [0.1, 0.15) is 35.7 Å². The molecule has 3 aromatic rings. The van der Waals surface area contributed by atoms with Crippen LogP contribution in [0.15, 0.2) is 78.9 Å². The fourth-order valence-corrected chi connectivity index (χ4v) is 3.70. The number of nitrogens with one attached hydrogen (secondary N) is 1. The summed E-state index contributed by atoms with van der Waals surface area (Å²) in [5.41, 5.74) is 1.73. The van der Waals surface area contributed by atoms with Gasteiger partial charge in [0.1, 0.15) is 6.04 Å². The third-order valence-corrected chi connectivity index (χ3v) is 5.52. The van der Waals surface area contributed by atoms with E-state index >= 15 is 0 Å². The monoisotopic (exact) mass is 490 g/mol. The number of carbonyl (C=O) groups is 3. The molecule has 0 heterocycles. The van der Waals surface area contributed by atoms with Gasteiger partial charge < -0.3 is 25.2 Å². The van der Waals surface area contributed by atoms with Crippen LogP contribution in [0.25, 0.3) is 0 Å². The number of anilines is 1.